The number of fused-ring (bicyclic) bond motifs is 1. The van der Waals surface area contributed by atoms with Crippen LogP contribution in [0.1, 0.15) is 29.2 Å². The molecular weight excluding hydrogens is 231 g/mol. The van der Waals surface area contributed by atoms with Crippen LogP contribution in [0.15, 0.2) is 6.07 Å². The molecule has 0 saturated carbocycles. The zero-order valence-electron chi connectivity index (χ0n) is 9.33. The van der Waals surface area contributed by atoms with Crippen molar-refractivity contribution >= 4 is 0 Å². The van der Waals surface area contributed by atoms with E-state index in [0.29, 0.717) is 17.7 Å². The van der Waals surface area contributed by atoms with Crippen molar-refractivity contribution in [3.8, 4) is 17.6 Å². The van der Waals surface area contributed by atoms with E-state index in [2.05, 4.69) is 17.3 Å². The first kappa shape index (κ1) is 11.8. The van der Waals surface area contributed by atoms with Gasteiger partial charge in [0.2, 0.25) is 0 Å². The summed E-state index contributed by atoms with van der Waals surface area (Å²) in [6.07, 6.45) is -4.39. The van der Waals surface area contributed by atoms with Crippen LogP contribution in [0.2, 0.25) is 0 Å². The molecule has 1 heterocycles. The number of halogens is 3. The summed E-state index contributed by atoms with van der Waals surface area (Å²) in [5, 5.41) is 0. The van der Waals surface area contributed by atoms with Gasteiger partial charge in [0.05, 0.1) is 12.1 Å². The van der Waals surface area contributed by atoms with Crippen molar-refractivity contribution in [2.45, 2.75) is 26.6 Å². The van der Waals surface area contributed by atoms with Crippen molar-refractivity contribution in [3.05, 3.63) is 28.3 Å². The Balaban J connectivity index is 2.72. The van der Waals surface area contributed by atoms with E-state index in [1.807, 2.05) is 0 Å². The summed E-state index contributed by atoms with van der Waals surface area (Å²) >= 11 is 0. The minimum absolute atomic E-state index is 0.151. The number of hydrogen-bond donors (Lipinski definition) is 1. The molecule has 0 bridgehead atoms. The van der Waals surface area contributed by atoms with Gasteiger partial charge in [0.1, 0.15) is 0 Å². The Hall–Kier alpha value is -1.67. The highest BCUT2D eigenvalue weighted by Crippen LogP contribution is 2.39. The Morgan fingerprint density at radius 3 is 2.71 bits per heavy atom. The van der Waals surface area contributed by atoms with Crippen molar-refractivity contribution < 1.29 is 18.0 Å². The van der Waals surface area contributed by atoms with Crippen LogP contribution in [0.4, 0.5) is 13.2 Å². The Morgan fingerprint density at radius 1 is 1.41 bits per heavy atom. The van der Waals surface area contributed by atoms with E-state index >= 15 is 0 Å². The minimum atomic E-state index is -4.39. The van der Waals surface area contributed by atoms with Gasteiger partial charge in [-0.25, -0.2) is 0 Å². The van der Waals surface area contributed by atoms with Crippen LogP contribution in [0, 0.1) is 18.8 Å². The third kappa shape index (κ3) is 1.96. The van der Waals surface area contributed by atoms with Crippen molar-refractivity contribution in [1.29, 1.82) is 0 Å². The molecule has 0 atom stereocenters. The van der Waals surface area contributed by atoms with E-state index < -0.39 is 11.7 Å². The van der Waals surface area contributed by atoms with Gasteiger partial charge in [0, 0.05) is 11.1 Å². The van der Waals surface area contributed by atoms with Gasteiger partial charge in [0.15, 0.2) is 5.75 Å². The van der Waals surface area contributed by atoms with Crippen molar-refractivity contribution in [2.75, 3.05) is 0 Å². The molecule has 1 N–H and O–H groups in total. The third-order valence-electron chi connectivity index (χ3n) is 2.64. The Kier molecular flexibility index (Phi) is 2.76. The van der Waals surface area contributed by atoms with Crippen LogP contribution in [0.25, 0.3) is 0 Å². The number of alkyl halides is 3. The predicted molar refractivity (Wildman–Crippen MR) is 56.2 cm³/mol. The molecule has 2 rings (SSSR count). The first-order valence-electron chi connectivity index (χ1n) is 5.01. The molecule has 0 aliphatic carbocycles. The molecule has 1 aromatic carbocycles. The zero-order valence-corrected chi connectivity index (χ0v) is 9.33. The van der Waals surface area contributed by atoms with E-state index in [1.165, 1.54) is 6.92 Å². The summed E-state index contributed by atoms with van der Waals surface area (Å²) in [6.45, 7) is 3.40. The van der Waals surface area contributed by atoms with Gasteiger partial charge in [-0.2, -0.15) is 18.7 Å². The quantitative estimate of drug-likeness (QED) is 0.705. The maximum absolute atomic E-state index is 12.8. The maximum Gasteiger partial charge on any atom is 0.416 e. The highest BCUT2D eigenvalue weighted by Gasteiger charge is 2.35. The first-order chi connectivity index (χ1) is 7.95. The lowest BCUT2D eigenvalue weighted by molar-refractivity contribution is -0.138. The summed E-state index contributed by atoms with van der Waals surface area (Å²) in [6, 6.07) is 1.02. The summed E-state index contributed by atoms with van der Waals surface area (Å²) < 4.78 is 38.4. The van der Waals surface area contributed by atoms with Gasteiger partial charge in [-0.3, -0.25) is 0 Å². The number of rotatable bonds is 0. The molecule has 1 aliphatic rings. The fourth-order valence-corrected chi connectivity index (χ4v) is 1.85. The van der Waals surface area contributed by atoms with Crippen LogP contribution in [-0.4, -0.2) is 0 Å². The molecule has 0 fully saturated rings. The highest BCUT2D eigenvalue weighted by molar-refractivity contribution is 5.58. The second-order valence-electron chi connectivity index (χ2n) is 3.70. The molecule has 0 unspecified atom stereocenters. The van der Waals surface area contributed by atoms with Gasteiger partial charge in [-0.1, -0.05) is 5.92 Å². The molecule has 0 aromatic heterocycles. The fourth-order valence-electron chi connectivity index (χ4n) is 1.85. The lowest BCUT2D eigenvalue weighted by Gasteiger charge is -2.13. The molecular formula is C12H10F3NO. The first-order valence-corrected chi connectivity index (χ1v) is 5.01. The molecule has 17 heavy (non-hydrogen) atoms. The molecule has 0 spiro atoms. The monoisotopic (exact) mass is 241 g/mol. The van der Waals surface area contributed by atoms with E-state index in [9.17, 15) is 13.2 Å². The average Bonchev–Trinajstić information content (AvgIpc) is 2.68. The Bertz CT molecular complexity index is 523. The van der Waals surface area contributed by atoms with Gasteiger partial charge in [-0.15, -0.1) is 5.92 Å². The lowest BCUT2D eigenvalue weighted by atomic mass is 9.96. The molecule has 1 aliphatic heterocycles. The second kappa shape index (κ2) is 3.97. The number of benzene rings is 1. The van der Waals surface area contributed by atoms with Crippen LogP contribution < -0.4 is 10.3 Å². The molecule has 1 aromatic rings. The van der Waals surface area contributed by atoms with Crippen molar-refractivity contribution in [3.63, 3.8) is 0 Å². The SMILES string of the molecule is CC#Cc1c(C)c(C(F)(F)F)cc2c1CNO2. The maximum atomic E-state index is 12.8. The van der Waals surface area contributed by atoms with Crippen LogP contribution in [0.3, 0.4) is 0 Å². The molecule has 2 nitrogen and oxygen atoms in total. The van der Waals surface area contributed by atoms with E-state index in [1.54, 1.807) is 6.92 Å². The van der Waals surface area contributed by atoms with Crippen LogP contribution >= 0.6 is 0 Å². The van der Waals surface area contributed by atoms with E-state index in [0.717, 1.165) is 6.07 Å². The van der Waals surface area contributed by atoms with Crippen LogP contribution in [0.5, 0.6) is 5.75 Å². The molecule has 0 saturated heterocycles. The smallest absolute Gasteiger partial charge is 0.408 e. The van der Waals surface area contributed by atoms with Crippen molar-refractivity contribution in [1.82, 2.24) is 5.48 Å². The highest BCUT2D eigenvalue weighted by atomic mass is 19.4. The molecule has 90 valence electrons. The zero-order chi connectivity index (χ0) is 12.6. The Labute approximate surface area is 96.7 Å². The number of nitrogens with one attached hydrogen (secondary N) is 1. The third-order valence-corrected chi connectivity index (χ3v) is 2.64. The number of hydrogen-bond acceptors (Lipinski definition) is 2. The van der Waals surface area contributed by atoms with Crippen LogP contribution in [-0.2, 0) is 12.7 Å². The normalized spacial score (nSPS) is 13.7. The second-order valence-corrected chi connectivity index (χ2v) is 3.70. The van der Waals surface area contributed by atoms with Gasteiger partial charge in [-0.05, 0) is 25.5 Å². The molecule has 5 heteroatoms. The number of hydroxylamine groups is 1. The van der Waals surface area contributed by atoms with Gasteiger partial charge >= 0.3 is 6.18 Å². The molecule has 0 amide bonds. The van der Waals surface area contributed by atoms with Gasteiger partial charge in [0.25, 0.3) is 0 Å². The summed E-state index contributed by atoms with van der Waals surface area (Å²) in [5.74, 6) is 5.56. The largest absolute Gasteiger partial charge is 0.416 e. The minimum Gasteiger partial charge on any atom is -0.408 e. The fraction of sp³-hybridized carbons (Fsp3) is 0.333. The van der Waals surface area contributed by atoms with Crippen molar-refractivity contribution in [2.24, 2.45) is 0 Å². The van der Waals surface area contributed by atoms with E-state index in [-0.39, 0.29) is 11.3 Å². The summed E-state index contributed by atoms with van der Waals surface area (Å²) in [5.41, 5.74) is 3.10. The summed E-state index contributed by atoms with van der Waals surface area (Å²) in [4.78, 5) is 4.96. The summed E-state index contributed by atoms with van der Waals surface area (Å²) in [7, 11) is 0. The molecule has 0 radical (unpaired) electrons. The topological polar surface area (TPSA) is 21.3 Å². The lowest BCUT2D eigenvalue weighted by Crippen LogP contribution is -2.09. The Morgan fingerprint density at radius 2 is 2.12 bits per heavy atom. The predicted octanol–water partition coefficient (Wildman–Crippen LogP) is 2.78. The average molecular weight is 241 g/mol. The standard InChI is InChI=1S/C12H10F3NO/c1-3-4-8-7(2)10(12(13,14)15)5-11-9(8)6-16-17-11/h5,16H,6H2,1-2H3. The van der Waals surface area contributed by atoms with Gasteiger partial charge < -0.3 is 4.84 Å². The van der Waals surface area contributed by atoms with E-state index in [4.69, 9.17) is 4.84 Å².